The zero-order valence-electron chi connectivity index (χ0n) is 13.5. The Morgan fingerprint density at radius 1 is 1.22 bits per heavy atom. The van der Waals surface area contributed by atoms with Gasteiger partial charge in [-0.25, -0.2) is 9.97 Å². The summed E-state index contributed by atoms with van der Waals surface area (Å²) >= 11 is 0. The highest BCUT2D eigenvalue weighted by Gasteiger charge is 2.23. The molecule has 0 unspecified atom stereocenters. The van der Waals surface area contributed by atoms with Gasteiger partial charge in [-0.05, 0) is 12.1 Å². The van der Waals surface area contributed by atoms with Crippen molar-refractivity contribution in [2.24, 2.45) is 0 Å². The van der Waals surface area contributed by atoms with Crippen molar-refractivity contribution in [1.29, 1.82) is 0 Å². The van der Waals surface area contributed by atoms with E-state index in [0.717, 1.165) is 31.2 Å². The van der Waals surface area contributed by atoms with Gasteiger partial charge in [0.2, 0.25) is 0 Å². The molecular weight excluding hydrogens is 294 g/mol. The number of hydrogen-bond acceptors (Lipinski definition) is 6. The number of aromatic nitrogens is 2. The molecule has 0 radical (unpaired) electrons. The zero-order valence-corrected chi connectivity index (χ0v) is 13.5. The van der Waals surface area contributed by atoms with E-state index < -0.39 is 0 Å². The van der Waals surface area contributed by atoms with Crippen LogP contribution in [-0.2, 0) is 6.54 Å². The molecule has 1 saturated heterocycles. The van der Waals surface area contributed by atoms with Crippen LogP contribution in [0, 0.1) is 0 Å². The van der Waals surface area contributed by atoms with Crippen LogP contribution in [0.4, 0.5) is 5.82 Å². The standard InChI is InChI=1S/C16H21N5O2/c1-19(2)15-11-17-14(10-18-15)16(22)21-7-5-20(6-8-21)12-13-4-3-9-23-13/h3-4,9-11H,5-8,12H2,1-2H3. The molecule has 0 atom stereocenters. The highest BCUT2D eigenvalue weighted by Crippen LogP contribution is 2.12. The van der Waals surface area contributed by atoms with Gasteiger partial charge >= 0.3 is 0 Å². The number of furan rings is 1. The van der Waals surface area contributed by atoms with Crippen molar-refractivity contribution < 1.29 is 9.21 Å². The third-order valence-corrected chi connectivity index (χ3v) is 3.93. The van der Waals surface area contributed by atoms with Gasteiger partial charge in [0, 0.05) is 40.3 Å². The first-order valence-corrected chi connectivity index (χ1v) is 7.67. The lowest BCUT2D eigenvalue weighted by Gasteiger charge is -2.34. The highest BCUT2D eigenvalue weighted by molar-refractivity contribution is 5.92. The summed E-state index contributed by atoms with van der Waals surface area (Å²) in [5.41, 5.74) is 0.398. The Hall–Kier alpha value is -2.41. The van der Waals surface area contributed by atoms with Gasteiger partial charge in [0.25, 0.3) is 5.91 Å². The Kier molecular flexibility index (Phi) is 4.57. The van der Waals surface area contributed by atoms with Crippen LogP contribution in [0.5, 0.6) is 0 Å². The van der Waals surface area contributed by atoms with E-state index in [0.29, 0.717) is 18.8 Å². The minimum atomic E-state index is -0.0551. The number of hydrogen-bond donors (Lipinski definition) is 0. The fourth-order valence-corrected chi connectivity index (χ4v) is 2.56. The van der Waals surface area contributed by atoms with Crippen LogP contribution in [0.25, 0.3) is 0 Å². The number of carbonyl (C=O) groups excluding carboxylic acids is 1. The molecule has 3 heterocycles. The summed E-state index contributed by atoms with van der Waals surface area (Å²) in [6, 6.07) is 3.87. The molecule has 7 heteroatoms. The summed E-state index contributed by atoms with van der Waals surface area (Å²) < 4.78 is 5.37. The Bertz CT molecular complexity index is 631. The molecule has 1 aliphatic rings. The normalized spacial score (nSPS) is 15.7. The first-order chi connectivity index (χ1) is 11.1. The van der Waals surface area contributed by atoms with Crippen LogP contribution in [0.1, 0.15) is 16.2 Å². The Labute approximate surface area is 135 Å². The van der Waals surface area contributed by atoms with Crippen LogP contribution in [0.3, 0.4) is 0 Å². The van der Waals surface area contributed by atoms with Gasteiger partial charge in [-0.15, -0.1) is 0 Å². The minimum Gasteiger partial charge on any atom is -0.468 e. The minimum absolute atomic E-state index is 0.0551. The molecule has 2 aromatic rings. The van der Waals surface area contributed by atoms with Gasteiger partial charge < -0.3 is 14.2 Å². The molecule has 0 N–H and O–H groups in total. The van der Waals surface area contributed by atoms with Gasteiger partial charge in [-0.3, -0.25) is 9.69 Å². The van der Waals surface area contributed by atoms with Gasteiger partial charge in [-0.2, -0.15) is 0 Å². The van der Waals surface area contributed by atoms with Crippen molar-refractivity contribution in [1.82, 2.24) is 19.8 Å². The quantitative estimate of drug-likeness (QED) is 0.841. The summed E-state index contributed by atoms with van der Waals surface area (Å²) in [5.74, 6) is 1.64. The summed E-state index contributed by atoms with van der Waals surface area (Å²) in [5, 5.41) is 0. The van der Waals surface area contributed by atoms with Crippen molar-refractivity contribution in [3.05, 3.63) is 42.2 Å². The maximum Gasteiger partial charge on any atom is 0.274 e. The Morgan fingerprint density at radius 3 is 2.57 bits per heavy atom. The lowest BCUT2D eigenvalue weighted by molar-refractivity contribution is 0.0614. The van der Waals surface area contributed by atoms with Crippen molar-refractivity contribution >= 4 is 11.7 Å². The van der Waals surface area contributed by atoms with Gasteiger partial charge in [0.15, 0.2) is 0 Å². The number of carbonyl (C=O) groups is 1. The number of piperazine rings is 1. The van der Waals surface area contributed by atoms with Crippen LogP contribution in [-0.4, -0.2) is 65.9 Å². The van der Waals surface area contributed by atoms with E-state index in [2.05, 4.69) is 14.9 Å². The number of rotatable bonds is 4. The molecule has 2 aromatic heterocycles. The maximum absolute atomic E-state index is 12.5. The fourth-order valence-electron chi connectivity index (χ4n) is 2.56. The van der Waals surface area contributed by atoms with E-state index in [1.807, 2.05) is 36.0 Å². The molecule has 7 nitrogen and oxygen atoms in total. The second-order valence-electron chi connectivity index (χ2n) is 5.80. The summed E-state index contributed by atoms with van der Waals surface area (Å²) in [6.45, 7) is 3.82. The van der Waals surface area contributed by atoms with E-state index in [1.54, 1.807) is 18.7 Å². The molecule has 0 saturated carbocycles. The maximum atomic E-state index is 12.5. The van der Waals surface area contributed by atoms with Crippen molar-refractivity contribution in [2.45, 2.75) is 6.54 Å². The Balaban J connectivity index is 1.55. The fraction of sp³-hybridized carbons (Fsp3) is 0.438. The van der Waals surface area contributed by atoms with E-state index in [1.165, 1.54) is 0 Å². The molecule has 1 fully saturated rings. The van der Waals surface area contributed by atoms with Crippen LogP contribution < -0.4 is 4.90 Å². The molecular formula is C16H21N5O2. The lowest BCUT2D eigenvalue weighted by Crippen LogP contribution is -2.48. The van der Waals surface area contributed by atoms with Gasteiger partial charge in [-0.1, -0.05) is 0 Å². The number of amides is 1. The molecule has 23 heavy (non-hydrogen) atoms. The van der Waals surface area contributed by atoms with Gasteiger partial charge in [0.1, 0.15) is 17.3 Å². The molecule has 1 amide bonds. The van der Waals surface area contributed by atoms with E-state index in [9.17, 15) is 4.79 Å². The predicted molar refractivity (Wildman–Crippen MR) is 86.2 cm³/mol. The molecule has 122 valence electrons. The third kappa shape index (κ3) is 3.68. The predicted octanol–water partition coefficient (Wildman–Crippen LogP) is 1.09. The van der Waals surface area contributed by atoms with Crippen molar-refractivity contribution in [3.63, 3.8) is 0 Å². The first-order valence-electron chi connectivity index (χ1n) is 7.67. The summed E-state index contributed by atoms with van der Waals surface area (Å²) in [4.78, 5) is 26.9. The molecule has 0 bridgehead atoms. The SMILES string of the molecule is CN(C)c1cnc(C(=O)N2CCN(Cc3ccco3)CC2)cn1. The molecule has 0 aromatic carbocycles. The summed E-state index contributed by atoms with van der Waals surface area (Å²) in [6.07, 6.45) is 4.86. The van der Waals surface area contributed by atoms with E-state index in [4.69, 9.17) is 4.42 Å². The van der Waals surface area contributed by atoms with Crippen LogP contribution in [0.2, 0.25) is 0 Å². The molecule has 0 aliphatic carbocycles. The number of nitrogens with zero attached hydrogens (tertiary/aromatic N) is 5. The third-order valence-electron chi connectivity index (χ3n) is 3.93. The highest BCUT2D eigenvalue weighted by atomic mass is 16.3. The summed E-state index contributed by atoms with van der Waals surface area (Å²) in [7, 11) is 3.79. The monoisotopic (exact) mass is 315 g/mol. The second-order valence-corrected chi connectivity index (χ2v) is 5.80. The smallest absolute Gasteiger partial charge is 0.274 e. The van der Waals surface area contributed by atoms with E-state index in [-0.39, 0.29) is 5.91 Å². The second kappa shape index (κ2) is 6.78. The van der Waals surface area contributed by atoms with E-state index >= 15 is 0 Å². The zero-order chi connectivity index (χ0) is 16.2. The van der Waals surface area contributed by atoms with Crippen molar-refractivity contribution in [2.75, 3.05) is 45.2 Å². The van der Waals surface area contributed by atoms with Crippen LogP contribution >= 0.6 is 0 Å². The Morgan fingerprint density at radius 2 is 2.00 bits per heavy atom. The molecule has 0 spiro atoms. The van der Waals surface area contributed by atoms with Crippen LogP contribution in [0.15, 0.2) is 35.2 Å². The topological polar surface area (TPSA) is 65.7 Å². The average molecular weight is 315 g/mol. The van der Waals surface area contributed by atoms with Crippen molar-refractivity contribution in [3.8, 4) is 0 Å². The average Bonchev–Trinajstić information content (AvgIpc) is 3.08. The number of anilines is 1. The first kappa shape index (κ1) is 15.5. The lowest BCUT2D eigenvalue weighted by atomic mass is 10.2. The largest absolute Gasteiger partial charge is 0.468 e. The molecule has 1 aliphatic heterocycles. The van der Waals surface area contributed by atoms with Gasteiger partial charge in [0.05, 0.1) is 25.2 Å². The molecule has 3 rings (SSSR count).